The van der Waals surface area contributed by atoms with Gasteiger partial charge in [-0.3, -0.25) is 4.99 Å². The van der Waals surface area contributed by atoms with Crippen LogP contribution in [0, 0.1) is 6.92 Å². The molecular formula is C18H33IN4. The Kier molecular flexibility index (Phi) is 12.1. The van der Waals surface area contributed by atoms with Crippen LogP contribution in [0.25, 0.3) is 0 Å². The maximum absolute atomic E-state index is 4.27. The highest BCUT2D eigenvalue weighted by Gasteiger charge is 2.02. The number of rotatable bonds is 8. The fourth-order valence-electron chi connectivity index (χ4n) is 2.18. The molecule has 0 unspecified atom stereocenters. The number of guanidine groups is 1. The van der Waals surface area contributed by atoms with Crippen LogP contribution in [-0.4, -0.2) is 44.1 Å². The van der Waals surface area contributed by atoms with E-state index in [1.54, 1.807) is 0 Å². The largest absolute Gasteiger partial charge is 0.356 e. The van der Waals surface area contributed by atoms with E-state index in [1.807, 2.05) is 7.05 Å². The predicted molar refractivity (Wildman–Crippen MR) is 112 cm³/mol. The van der Waals surface area contributed by atoms with E-state index < -0.39 is 0 Å². The van der Waals surface area contributed by atoms with Crippen LogP contribution in [0.15, 0.2) is 29.3 Å². The number of hydrogen-bond acceptors (Lipinski definition) is 2. The molecule has 1 aromatic carbocycles. The lowest BCUT2D eigenvalue weighted by Crippen LogP contribution is -2.37. The van der Waals surface area contributed by atoms with E-state index in [-0.39, 0.29) is 24.0 Å². The first-order chi connectivity index (χ1) is 10.5. The van der Waals surface area contributed by atoms with Gasteiger partial charge in [-0.05, 0) is 52.8 Å². The molecule has 132 valence electrons. The smallest absolute Gasteiger partial charge is 0.191 e. The Bertz CT molecular complexity index is 460. The van der Waals surface area contributed by atoms with Crippen molar-refractivity contribution in [3.8, 4) is 0 Å². The summed E-state index contributed by atoms with van der Waals surface area (Å²) in [6.07, 6.45) is 2.36. The van der Waals surface area contributed by atoms with Gasteiger partial charge in [-0.2, -0.15) is 0 Å². The summed E-state index contributed by atoms with van der Waals surface area (Å²) in [6, 6.07) is 9.16. The topological polar surface area (TPSA) is 39.7 Å². The van der Waals surface area contributed by atoms with E-state index in [1.165, 1.54) is 17.5 Å². The van der Waals surface area contributed by atoms with Crippen molar-refractivity contribution in [2.45, 2.75) is 46.2 Å². The number of benzene rings is 1. The van der Waals surface area contributed by atoms with Gasteiger partial charge in [0.05, 0.1) is 0 Å². The molecule has 0 amide bonds. The third kappa shape index (κ3) is 9.81. The van der Waals surface area contributed by atoms with Crippen molar-refractivity contribution < 1.29 is 0 Å². The second-order valence-corrected chi connectivity index (χ2v) is 6.12. The Morgan fingerprint density at radius 3 is 2.57 bits per heavy atom. The highest BCUT2D eigenvalue weighted by atomic mass is 127. The highest BCUT2D eigenvalue weighted by molar-refractivity contribution is 14.0. The molecule has 5 heteroatoms. The number of nitrogens with zero attached hydrogens (tertiary/aromatic N) is 2. The number of nitrogens with one attached hydrogen (secondary N) is 2. The van der Waals surface area contributed by atoms with E-state index >= 15 is 0 Å². The van der Waals surface area contributed by atoms with Crippen molar-refractivity contribution in [3.63, 3.8) is 0 Å². The van der Waals surface area contributed by atoms with Gasteiger partial charge in [0.1, 0.15) is 0 Å². The normalized spacial score (nSPS) is 11.5. The molecule has 0 bridgehead atoms. The Balaban J connectivity index is 0.00000484. The molecule has 0 aliphatic carbocycles. The van der Waals surface area contributed by atoms with Crippen LogP contribution in [0.5, 0.6) is 0 Å². The van der Waals surface area contributed by atoms with Gasteiger partial charge in [-0.15, -0.1) is 24.0 Å². The molecule has 0 saturated carbocycles. The third-order valence-electron chi connectivity index (χ3n) is 3.88. The average Bonchev–Trinajstić information content (AvgIpc) is 2.49. The molecule has 0 radical (unpaired) electrons. The van der Waals surface area contributed by atoms with E-state index in [9.17, 15) is 0 Å². The predicted octanol–water partition coefficient (Wildman–Crippen LogP) is 3.40. The van der Waals surface area contributed by atoms with Crippen molar-refractivity contribution in [2.75, 3.05) is 27.2 Å². The number of halogens is 1. The summed E-state index contributed by atoms with van der Waals surface area (Å²) in [7, 11) is 4.00. The monoisotopic (exact) mass is 432 g/mol. The molecule has 0 aliphatic heterocycles. The molecule has 4 nitrogen and oxygen atoms in total. The summed E-state index contributed by atoms with van der Waals surface area (Å²) in [5.41, 5.74) is 2.57. The molecule has 0 fully saturated rings. The highest BCUT2D eigenvalue weighted by Crippen LogP contribution is 2.03. The SMILES string of the molecule is CN=C(NCCCCN(C)C(C)C)NCc1cccc(C)c1.I. The van der Waals surface area contributed by atoms with Crippen molar-refractivity contribution in [3.05, 3.63) is 35.4 Å². The van der Waals surface area contributed by atoms with Crippen molar-refractivity contribution in [2.24, 2.45) is 4.99 Å². The second-order valence-electron chi connectivity index (χ2n) is 6.12. The van der Waals surface area contributed by atoms with Gasteiger partial charge in [-0.1, -0.05) is 29.8 Å². The van der Waals surface area contributed by atoms with Crippen LogP contribution < -0.4 is 10.6 Å². The third-order valence-corrected chi connectivity index (χ3v) is 3.88. The zero-order valence-electron chi connectivity index (χ0n) is 15.2. The molecule has 0 atom stereocenters. The zero-order valence-corrected chi connectivity index (χ0v) is 17.6. The van der Waals surface area contributed by atoms with Gasteiger partial charge >= 0.3 is 0 Å². The number of unbranched alkanes of at least 4 members (excludes halogenated alkanes) is 1. The van der Waals surface area contributed by atoms with Gasteiger partial charge in [0.15, 0.2) is 5.96 Å². The quantitative estimate of drug-likeness (QED) is 0.286. The Morgan fingerprint density at radius 1 is 1.22 bits per heavy atom. The number of aliphatic imine (C=N–C) groups is 1. The van der Waals surface area contributed by atoms with Crippen LogP contribution >= 0.6 is 24.0 Å². The summed E-state index contributed by atoms with van der Waals surface area (Å²) in [6.45, 7) is 9.49. The molecule has 0 aliphatic rings. The molecule has 0 heterocycles. The minimum atomic E-state index is 0. The summed E-state index contributed by atoms with van der Waals surface area (Å²) in [5.74, 6) is 0.874. The summed E-state index contributed by atoms with van der Waals surface area (Å²) >= 11 is 0. The van der Waals surface area contributed by atoms with E-state index in [2.05, 4.69) is 72.6 Å². The fourth-order valence-corrected chi connectivity index (χ4v) is 2.18. The summed E-state index contributed by atoms with van der Waals surface area (Å²) in [5, 5.41) is 6.74. The average molecular weight is 432 g/mol. The minimum absolute atomic E-state index is 0. The second kappa shape index (κ2) is 12.6. The number of aryl methyl sites for hydroxylation is 1. The summed E-state index contributed by atoms with van der Waals surface area (Å²) in [4.78, 5) is 6.65. The Labute approximate surface area is 159 Å². The first-order valence-electron chi connectivity index (χ1n) is 8.23. The van der Waals surface area contributed by atoms with Gasteiger partial charge in [0.25, 0.3) is 0 Å². The maximum Gasteiger partial charge on any atom is 0.191 e. The molecule has 0 aromatic heterocycles. The number of hydrogen-bond donors (Lipinski definition) is 2. The Hall–Kier alpha value is -0.820. The van der Waals surface area contributed by atoms with Crippen molar-refractivity contribution >= 4 is 29.9 Å². The molecule has 1 aromatic rings. The van der Waals surface area contributed by atoms with Crippen LogP contribution in [0.4, 0.5) is 0 Å². The molecule has 0 saturated heterocycles. The lowest BCUT2D eigenvalue weighted by molar-refractivity contribution is 0.268. The van der Waals surface area contributed by atoms with Gasteiger partial charge in [0.2, 0.25) is 0 Å². The first-order valence-corrected chi connectivity index (χ1v) is 8.23. The maximum atomic E-state index is 4.27. The molecular weight excluding hydrogens is 399 g/mol. The lowest BCUT2D eigenvalue weighted by atomic mass is 10.1. The van der Waals surface area contributed by atoms with Crippen LogP contribution in [0.1, 0.15) is 37.8 Å². The molecule has 23 heavy (non-hydrogen) atoms. The van der Waals surface area contributed by atoms with E-state index in [0.717, 1.165) is 32.0 Å². The summed E-state index contributed by atoms with van der Waals surface area (Å²) < 4.78 is 0. The fraction of sp³-hybridized carbons (Fsp3) is 0.611. The van der Waals surface area contributed by atoms with Gasteiger partial charge < -0.3 is 15.5 Å². The standard InChI is InChI=1S/C18H32N4.HI/c1-15(2)22(5)12-7-6-11-20-18(19-4)21-14-17-10-8-9-16(3)13-17;/h8-10,13,15H,6-7,11-12,14H2,1-5H3,(H2,19,20,21);1H. The lowest BCUT2D eigenvalue weighted by Gasteiger charge is -2.20. The molecule has 0 spiro atoms. The van der Waals surface area contributed by atoms with Gasteiger partial charge in [0, 0.05) is 26.2 Å². The zero-order chi connectivity index (χ0) is 16.4. The molecule has 2 N–H and O–H groups in total. The van der Waals surface area contributed by atoms with Crippen LogP contribution in [0.3, 0.4) is 0 Å². The molecule has 1 rings (SSSR count). The van der Waals surface area contributed by atoms with Crippen LogP contribution in [-0.2, 0) is 6.54 Å². The van der Waals surface area contributed by atoms with Crippen LogP contribution in [0.2, 0.25) is 0 Å². The van der Waals surface area contributed by atoms with Crippen molar-refractivity contribution in [1.29, 1.82) is 0 Å². The van der Waals surface area contributed by atoms with Crippen molar-refractivity contribution in [1.82, 2.24) is 15.5 Å². The first kappa shape index (κ1) is 22.2. The van der Waals surface area contributed by atoms with E-state index in [0.29, 0.717) is 6.04 Å². The Morgan fingerprint density at radius 2 is 1.96 bits per heavy atom. The minimum Gasteiger partial charge on any atom is -0.356 e. The van der Waals surface area contributed by atoms with E-state index in [4.69, 9.17) is 0 Å². The van der Waals surface area contributed by atoms with Gasteiger partial charge in [-0.25, -0.2) is 0 Å².